The fourth-order valence-corrected chi connectivity index (χ4v) is 2.40. The van der Waals surface area contributed by atoms with E-state index in [2.05, 4.69) is 15.1 Å². The Hall–Kier alpha value is -2.17. The number of nitrogens with zero attached hydrogens (tertiary/aromatic N) is 4. The number of furan rings is 1. The molecule has 0 radical (unpaired) electrons. The van der Waals surface area contributed by atoms with Crippen LogP contribution < -0.4 is 0 Å². The lowest BCUT2D eigenvalue weighted by molar-refractivity contribution is 0.401. The molecule has 0 unspecified atom stereocenters. The standard InChI is InChI=1S/C14H14N4O/c1-9-5-6-11(19-9)14-15-8-7-12-16-13(17-18(12)14)10-3-2-4-10/h5-8,10H,2-4H2,1H3. The van der Waals surface area contributed by atoms with Gasteiger partial charge in [-0.25, -0.2) is 9.97 Å². The minimum absolute atomic E-state index is 0.520. The largest absolute Gasteiger partial charge is 0.458 e. The van der Waals surface area contributed by atoms with Gasteiger partial charge >= 0.3 is 0 Å². The molecule has 0 amide bonds. The summed E-state index contributed by atoms with van der Waals surface area (Å²) in [6, 6.07) is 5.73. The molecule has 3 heterocycles. The fraction of sp³-hybridized carbons (Fsp3) is 0.357. The van der Waals surface area contributed by atoms with Crippen molar-refractivity contribution in [3.8, 4) is 11.6 Å². The van der Waals surface area contributed by atoms with E-state index in [0.29, 0.717) is 11.7 Å². The van der Waals surface area contributed by atoms with Crippen LogP contribution in [0.4, 0.5) is 0 Å². The maximum absolute atomic E-state index is 5.64. The van der Waals surface area contributed by atoms with Gasteiger partial charge in [-0.05, 0) is 31.9 Å². The first kappa shape index (κ1) is 10.7. The highest BCUT2D eigenvalue weighted by molar-refractivity contribution is 5.53. The molecule has 19 heavy (non-hydrogen) atoms. The second-order valence-corrected chi connectivity index (χ2v) is 5.05. The molecule has 3 aromatic heterocycles. The molecule has 3 aromatic rings. The van der Waals surface area contributed by atoms with E-state index >= 15 is 0 Å². The summed E-state index contributed by atoms with van der Waals surface area (Å²) < 4.78 is 7.42. The van der Waals surface area contributed by atoms with Gasteiger partial charge in [-0.1, -0.05) is 6.42 Å². The summed E-state index contributed by atoms with van der Waals surface area (Å²) in [7, 11) is 0. The number of hydrogen-bond acceptors (Lipinski definition) is 4. The van der Waals surface area contributed by atoms with Crippen molar-refractivity contribution < 1.29 is 4.42 Å². The molecular weight excluding hydrogens is 240 g/mol. The van der Waals surface area contributed by atoms with Crippen molar-refractivity contribution in [1.82, 2.24) is 19.6 Å². The van der Waals surface area contributed by atoms with E-state index in [4.69, 9.17) is 4.42 Å². The molecule has 96 valence electrons. The van der Waals surface area contributed by atoms with Gasteiger partial charge in [-0.3, -0.25) is 0 Å². The highest BCUT2D eigenvalue weighted by Gasteiger charge is 2.24. The molecule has 1 aliphatic carbocycles. The molecule has 0 N–H and O–H groups in total. The van der Waals surface area contributed by atoms with E-state index in [1.165, 1.54) is 19.3 Å². The molecule has 0 atom stereocenters. The summed E-state index contributed by atoms with van der Waals surface area (Å²) in [4.78, 5) is 8.97. The SMILES string of the molecule is Cc1ccc(-c2nccc3nc(C4CCC4)nn23)o1. The highest BCUT2D eigenvalue weighted by Crippen LogP contribution is 2.34. The molecule has 1 saturated carbocycles. The maximum atomic E-state index is 5.64. The zero-order valence-corrected chi connectivity index (χ0v) is 10.7. The van der Waals surface area contributed by atoms with Crippen molar-refractivity contribution in [1.29, 1.82) is 0 Å². The molecule has 0 saturated heterocycles. The van der Waals surface area contributed by atoms with Gasteiger partial charge in [0.25, 0.3) is 0 Å². The first-order valence-corrected chi connectivity index (χ1v) is 6.60. The van der Waals surface area contributed by atoms with Gasteiger partial charge in [0.05, 0.1) is 0 Å². The summed E-state index contributed by atoms with van der Waals surface area (Å²) >= 11 is 0. The third-order valence-electron chi connectivity index (χ3n) is 3.70. The summed E-state index contributed by atoms with van der Waals surface area (Å²) in [6.45, 7) is 1.92. The van der Waals surface area contributed by atoms with Crippen LogP contribution in [0.3, 0.4) is 0 Å². The quantitative estimate of drug-likeness (QED) is 0.705. The second kappa shape index (κ2) is 3.91. The Kier molecular flexibility index (Phi) is 2.21. The van der Waals surface area contributed by atoms with E-state index in [1.807, 2.05) is 25.1 Å². The van der Waals surface area contributed by atoms with Crippen molar-refractivity contribution in [2.45, 2.75) is 32.1 Å². The monoisotopic (exact) mass is 254 g/mol. The van der Waals surface area contributed by atoms with Crippen molar-refractivity contribution in [2.24, 2.45) is 0 Å². The lowest BCUT2D eigenvalue weighted by Gasteiger charge is -2.21. The zero-order valence-electron chi connectivity index (χ0n) is 10.7. The van der Waals surface area contributed by atoms with Crippen LogP contribution in [0.15, 0.2) is 28.8 Å². The van der Waals surface area contributed by atoms with E-state index in [1.54, 1.807) is 10.7 Å². The van der Waals surface area contributed by atoms with Gasteiger partial charge in [-0.2, -0.15) is 4.52 Å². The van der Waals surface area contributed by atoms with Crippen LogP contribution >= 0.6 is 0 Å². The van der Waals surface area contributed by atoms with Crippen LogP contribution in [0.25, 0.3) is 17.2 Å². The van der Waals surface area contributed by atoms with Crippen molar-refractivity contribution in [2.75, 3.05) is 0 Å². The van der Waals surface area contributed by atoms with Crippen LogP contribution in [0, 0.1) is 6.92 Å². The van der Waals surface area contributed by atoms with Crippen LogP contribution in [-0.4, -0.2) is 19.6 Å². The molecule has 1 fully saturated rings. The van der Waals surface area contributed by atoms with Gasteiger partial charge < -0.3 is 4.42 Å². The lowest BCUT2D eigenvalue weighted by Crippen LogP contribution is -2.10. The molecule has 0 aliphatic heterocycles. The average molecular weight is 254 g/mol. The number of fused-ring (bicyclic) bond motifs is 1. The van der Waals surface area contributed by atoms with E-state index in [0.717, 1.165) is 23.0 Å². The molecule has 4 rings (SSSR count). The van der Waals surface area contributed by atoms with E-state index < -0.39 is 0 Å². The normalized spacial score (nSPS) is 15.8. The smallest absolute Gasteiger partial charge is 0.198 e. The minimum atomic E-state index is 0.520. The minimum Gasteiger partial charge on any atom is -0.458 e. The Labute approximate surface area is 110 Å². The van der Waals surface area contributed by atoms with Crippen LogP contribution in [0.2, 0.25) is 0 Å². The number of aromatic nitrogens is 4. The Morgan fingerprint density at radius 3 is 2.84 bits per heavy atom. The van der Waals surface area contributed by atoms with E-state index in [9.17, 15) is 0 Å². The number of hydrogen-bond donors (Lipinski definition) is 0. The number of aryl methyl sites for hydroxylation is 1. The van der Waals surface area contributed by atoms with Crippen molar-refractivity contribution in [3.05, 3.63) is 36.0 Å². The summed E-state index contributed by atoms with van der Waals surface area (Å²) in [5, 5.41) is 4.60. The average Bonchev–Trinajstić information content (AvgIpc) is 2.92. The second-order valence-electron chi connectivity index (χ2n) is 5.05. The lowest BCUT2D eigenvalue weighted by atomic mass is 9.85. The van der Waals surface area contributed by atoms with Gasteiger partial charge in [-0.15, -0.1) is 5.10 Å². The fourth-order valence-electron chi connectivity index (χ4n) is 2.40. The molecule has 0 bridgehead atoms. The van der Waals surface area contributed by atoms with Crippen LogP contribution in [0.5, 0.6) is 0 Å². The molecular formula is C14H14N4O. The zero-order chi connectivity index (χ0) is 12.8. The summed E-state index contributed by atoms with van der Waals surface area (Å²) in [5.74, 6) is 3.76. The molecule has 1 aliphatic rings. The van der Waals surface area contributed by atoms with Crippen LogP contribution in [-0.2, 0) is 0 Å². The number of rotatable bonds is 2. The van der Waals surface area contributed by atoms with Gasteiger partial charge in [0, 0.05) is 18.2 Å². The summed E-state index contributed by atoms with van der Waals surface area (Å²) in [6.07, 6.45) is 5.42. The first-order valence-electron chi connectivity index (χ1n) is 6.60. The first-order chi connectivity index (χ1) is 9.31. The molecule has 0 aromatic carbocycles. The van der Waals surface area contributed by atoms with Gasteiger partial charge in [0.2, 0.25) is 0 Å². The highest BCUT2D eigenvalue weighted by atomic mass is 16.3. The topological polar surface area (TPSA) is 56.2 Å². The predicted octanol–water partition coefficient (Wildman–Crippen LogP) is 2.96. The molecule has 5 heteroatoms. The molecule has 5 nitrogen and oxygen atoms in total. The Bertz CT molecular complexity index is 739. The third-order valence-corrected chi connectivity index (χ3v) is 3.70. The third kappa shape index (κ3) is 1.65. The maximum Gasteiger partial charge on any atom is 0.198 e. The predicted molar refractivity (Wildman–Crippen MR) is 69.8 cm³/mol. The van der Waals surface area contributed by atoms with Gasteiger partial charge in [0.1, 0.15) is 5.76 Å². The van der Waals surface area contributed by atoms with Gasteiger partial charge in [0.15, 0.2) is 23.1 Å². The van der Waals surface area contributed by atoms with Crippen molar-refractivity contribution >= 4 is 5.65 Å². The summed E-state index contributed by atoms with van der Waals surface area (Å²) in [5.41, 5.74) is 0.834. The Morgan fingerprint density at radius 2 is 2.16 bits per heavy atom. The van der Waals surface area contributed by atoms with E-state index in [-0.39, 0.29) is 0 Å². The molecule has 0 spiro atoms. The Balaban J connectivity index is 1.88. The van der Waals surface area contributed by atoms with Crippen LogP contribution in [0.1, 0.15) is 36.8 Å². The Morgan fingerprint density at radius 1 is 1.26 bits per heavy atom. The van der Waals surface area contributed by atoms with Crippen molar-refractivity contribution in [3.63, 3.8) is 0 Å².